The van der Waals surface area contributed by atoms with Crippen LogP contribution in [0.5, 0.6) is 0 Å². The Hall–Kier alpha value is -1.51. The minimum atomic E-state index is 0.0500. The molecule has 0 radical (unpaired) electrons. The number of nitrogens with one attached hydrogen (secondary N) is 2. The minimum absolute atomic E-state index is 0.0500. The topological polar surface area (TPSA) is 41.1 Å². The van der Waals surface area contributed by atoms with E-state index in [1.165, 1.54) is 6.42 Å². The second-order valence-electron chi connectivity index (χ2n) is 5.60. The van der Waals surface area contributed by atoms with Gasteiger partial charge in [-0.05, 0) is 55.9 Å². The molecule has 104 valence electrons. The Morgan fingerprint density at radius 1 is 1.21 bits per heavy atom. The molecule has 0 heterocycles. The number of benzene rings is 1. The molecule has 3 nitrogen and oxygen atoms in total. The van der Waals surface area contributed by atoms with Gasteiger partial charge in [0.2, 0.25) is 0 Å². The quantitative estimate of drug-likeness (QED) is 0.872. The number of hydrogen-bond donors (Lipinski definition) is 2. The SMILES string of the molecule is CCNc1ccc(C(=O)NC2CCC(C)C2C)cc1. The zero-order valence-electron chi connectivity index (χ0n) is 12.1. The van der Waals surface area contributed by atoms with Crippen molar-refractivity contribution in [3.05, 3.63) is 29.8 Å². The van der Waals surface area contributed by atoms with Gasteiger partial charge in [-0.2, -0.15) is 0 Å². The molecular weight excluding hydrogens is 236 g/mol. The first kappa shape index (κ1) is 13.9. The zero-order valence-corrected chi connectivity index (χ0v) is 12.1. The second-order valence-corrected chi connectivity index (χ2v) is 5.60. The first-order valence-electron chi connectivity index (χ1n) is 7.26. The van der Waals surface area contributed by atoms with Gasteiger partial charge in [-0.15, -0.1) is 0 Å². The van der Waals surface area contributed by atoms with Crippen molar-refractivity contribution in [2.45, 2.75) is 39.7 Å². The van der Waals surface area contributed by atoms with Gasteiger partial charge in [0.05, 0.1) is 0 Å². The summed E-state index contributed by atoms with van der Waals surface area (Å²) in [5.74, 6) is 1.33. The summed E-state index contributed by atoms with van der Waals surface area (Å²) in [5.41, 5.74) is 1.80. The molecule has 3 atom stereocenters. The van der Waals surface area contributed by atoms with Gasteiger partial charge in [0.1, 0.15) is 0 Å². The largest absolute Gasteiger partial charge is 0.385 e. The predicted molar refractivity (Wildman–Crippen MR) is 79.4 cm³/mol. The highest BCUT2D eigenvalue weighted by Gasteiger charge is 2.30. The van der Waals surface area contributed by atoms with Crippen LogP contribution in [0.25, 0.3) is 0 Å². The molecule has 1 aromatic rings. The minimum Gasteiger partial charge on any atom is -0.385 e. The molecule has 1 saturated carbocycles. The van der Waals surface area contributed by atoms with Crippen molar-refractivity contribution in [3.63, 3.8) is 0 Å². The molecule has 2 N–H and O–H groups in total. The average Bonchev–Trinajstić information content (AvgIpc) is 2.72. The Morgan fingerprint density at radius 3 is 2.42 bits per heavy atom. The molecule has 1 aromatic carbocycles. The van der Waals surface area contributed by atoms with Crippen molar-refractivity contribution < 1.29 is 4.79 Å². The molecule has 2 rings (SSSR count). The summed E-state index contributed by atoms with van der Waals surface area (Å²) < 4.78 is 0. The van der Waals surface area contributed by atoms with Crippen LogP contribution in [0.15, 0.2) is 24.3 Å². The van der Waals surface area contributed by atoms with Crippen LogP contribution in [0.3, 0.4) is 0 Å². The van der Waals surface area contributed by atoms with Crippen molar-refractivity contribution in [3.8, 4) is 0 Å². The molecule has 3 unspecified atom stereocenters. The standard InChI is InChI=1S/C16H24N2O/c1-4-17-14-8-6-13(7-9-14)16(19)18-15-10-5-11(2)12(15)3/h6-9,11-12,15,17H,4-5,10H2,1-3H3,(H,18,19). The molecule has 1 fully saturated rings. The normalized spacial score (nSPS) is 26.2. The predicted octanol–water partition coefficient (Wildman–Crippen LogP) is 3.28. The van der Waals surface area contributed by atoms with Gasteiger partial charge in [0, 0.05) is 23.8 Å². The summed E-state index contributed by atoms with van der Waals surface area (Å²) in [7, 11) is 0. The fourth-order valence-electron chi connectivity index (χ4n) is 2.76. The molecule has 0 bridgehead atoms. The first-order chi connectivity index (χ1) is 9.11. The van der Waals surface area contributed by atoms with Gasteiger partial charge in [-0.25, -0.2) is 0 Å². The van der Waals surface area contributed by atoms with Crippen LogP contribution in [0.2, 0.25) is 0 Å². The summed E-state index contributed by atoms with van der Waals surface area (Å²) in [6.07, 6.45) is 2.31. The molecule has 1 aliphatic carbocycles. The van der Waals surface area contributed by atoms with Gasteiger partial charge >= 0.3 is 0 Å². The smallest absolute Gasteiger partial charge is 0.251 e. The van der Waals surface area contributed by atoms with Crippen LogP contribution in [-0.4, -0.2) is 18.5 Å². The first-order valence-corrected chi connectivity index (χ1v) is 7.26. The summed E-state index contributed by atoms with van der Waals surface area (Å²) in [5, 5.41) is 6.40. The lowest BCUT2D eigenvalue weighted by atomic mass is 9.97. The lowest BCUT2D eigenvalue weighted by Gasteiger charge is -2.19. The third-order valence-electron chi connectivity index (χ3n) is 4.31. The highest BCUT2D eigenvalue weighted by atomic mass is 16.1. The number of hydrogen-bond acceptors (Lipinski definition) is 2. The molecule has 0 saturated heterocycles. The molecule has 0 aromatic heterocycles. The molecular formula is C16H24N2O. The van der Waals surface area contributed by atoms with Gasteiger partial charge < -0.3 is 10.6 Å². The van der Waals surface area contributed by atoms with Gasteiger partial charge in [-0.3, -0.25) is 4.79 Å². The fourth-order valence-corrected chi connectivity index (χ4v) is 2.76. The molecule has 19 heavy (non-hydrogen) atoms. The Bertz CT molecular complexity index is 427. The van der Waals surface area contributed by atoms with Gasteiger partial charge in [0.25, 0.3) is 5.91 Å². The van der Waals surface area contributed by atoms with Gasteiger partial charge in [-0.1, -0.05) is 13.8 Å². The summed E-state index contributed by atoms with van der Waals surface area (Å²) >= 11 is 0. The van der Waals surface area contributed by atoms with Gasteiger partial charge in [0.15, 0.2) is 0 Å². The zero-order chi connectivity index (χ0) is 13.8. The molecule has 0 spiro atoms. The molecule has 0 aliphatic heterocycles. The van der Waals surface area contributed by atoms with E-state index in [-0.39, 0.29) is 5.91 Å². The monoisotopic (exact) mass is 260 g/mol. The van der Waals surface area contributed by atoms with E-state index in [2.05, 4.69) is 31.4 Å². The summed E-state index contributed by atoms with van der Waals surface area (Å²) in [4.78, 5) is 12.2. The van der Waals surface area contributed by atoms with Crippen molar-refractivity contribution in [1.29, 1.82) is 0 Å². The van der Waals surface area contributed by atoms with E-state index in [9.17, 15) is 4.79 Å². The maximum absolute atomic E-state index is 12.2. The maximum Gasteiger partial charge on any atom is 0.251 e. The van der Waals surface area contributed by atoms with Crippen molar-refractivity contribution in [1.82, 2.24) is 5.32 Å². The number of carbonyl (C=O) groups excluding carboxylic acids is 1. The van der Waals surface area contributed by atoms with Crippen LogP contribution in [0, 0.1) is 11.8 Å². The van der Waals surface area contributed by atoms with E-state index in [0.29, 0.717) is 17.9 Å². The van der Waals surface area contributed by atoms with Crippen molar-refractivity contribution in [2.75, 3.05) is 11.9 Å². The average molecular weight is 260 g/mol. The van der Waals surface area contributed by atoms with Crippen LogP contribution in [-0.2, 0) is 0 Å². The number of rotatable bonds is 4. The van der Waals surface area contributed by atoms with Crippen LogP contribution < -0.4 is 10.6 Å². The second kappa shape index (κ2) is 6.09. The maximum atomic E-state index is 12.2. The number of carbonyl (C=O) groups is 1. The third-order valence-corrected chi connectivity index (χ3v) is 4.31. The third kappa shape index (κ3) is 3.28. The van der Waals surface area contributed by atoms with E-state index < -0.39 is 0 Å². The number of anilines is 1. The summed E-state index contributed by atoms with van der Waals surface area (Å²) in [6, 6.07) is 8.02. The van der Waals surface area contributed by atoms with Crippen LogP contribution in [0.1, 0.15) is 44.0 Å². The van der Waals surface area contributed by atoms with E-state index >= 15 is 0 Å². The van der Waals surface area contributed by atoms with Crippen molar-refractivity contribution >= 4 is 11.6 Å². The highest BCUT2D eigenvalue weighted by Crippen LogP contribution is 2.31. The Morgan fingerprint density at radius 2 is 1.89 bits per heavy atom. The fraction of sp³-hybridized carbons (Fsp3) is 0.562. The Balaban J connectivity index is 1.96. The number of amides is 1. The van der Waals surface area contributed by atoms with Crippen molar-refractivity contribution in [2.24, 2.45) is 11.8 Å². The summed E-state index contributed by atoms with van der Waals surface area (Å²) in [6.45, 7) is 7.45. The lowest BCUT2D eigenvalue weighted by molar-refractivity contribution is 0.0927. The van der Waals surface area contributed by atoms with E-state index in [1.807, 2.05) is 24.3 Å². The highest BCUT2D eigenvalue weighted by molar-refractivity contribution is 5.94. The van der Waals surface area contributed by atoms with E-state index in [4.69, 9.17) is 0 Å². The lowest BCUT2D eigenvalue weighted by Crippen LogP contribution is -2.37. The van der Waals surface area contributed by atoms with E-state index in [0.717, 1.165) is 24.2 Å². The van der Waals surface area contributed by atoms with E-state index in [1.54, 1.807) is 0 Å². The Kier molecular flexibility index (Phi) is 4.46. The Labute approximate surface area is 115 Å². The molecule has 1 aliphatic rings. The van der Waals surface area contributed by atoms with Crippen LogP contribution in [0.4, 0.5) is 5.69 Å². The van der Waals surface area contributed by atoms with Crippen LogP contribution >= 0.6 is 0 Å². The molecule has 3 heteroatoms. The molecule has 1 amide bonds.